The molecular weight excluding hydrogens is 381 g/mol. The first-order chi connectivity index (χ1) is 11.9. The van der Waals surface area contributed by atoms with Gasteiger partial charge in [-0.3, -0.25) is 0 Å². The van der Waals surface area contributed by atoms with Crippen molar-refractivity contribution in [2.75, 3.05) is 26.2 Å². The van der Waals surface area contributed by atoms with Gasteiger partial charge in [0.2, 0.25) is 0 Å². The molecule has 1 aliphatic rings. The lowest BCUT2D eigenvalue weighted by Crippen LogP contribution is -2.39. The Labute approximate surface area is 159 Å². The number of nitrogens with zero attached hydrogens (tertiary/aromatic N) is 4. The van der Waals surface area contributed by atoms with Crippen LogP contribution in [0.5, 0.6) is 0 Å². The van der Waals surface area contributed by atoms with Crippen LogP contribution in [0.1, 0.15) is 5.56 Å². The van der Waals surface area contributed by atoms with Crippen LogP contribution in [0.4, 0.5) is 9.39 Å². The van der Waals surface area contributed by atoms with Crippen LogP contribution in [-0.2, 0) is 0 Å². The molecule has 0 amide bonds. The van der Waals surface area contributed by atoms with Crippen LogP contribution >= 0.6 is 34.9 Å². The van der Waals surface area contributed by atoms with E-state index in [-0.39, 0.29) is 5.82 Å². The summed E-state index contributed by atoms with van der Waals surface area (Å²) >= 11 is 9.05. The second-order valence-corrected chi connectivity index (χ2v) is 7.97. The second-order valence-electron chi connectivity index (χ2n) is 5.47. The molecule has 5 nitrogen and oxygen atoms in total. The Morgan fingerprint density at radius 2 is 2.08 bits per heavy atom. The van der Waals surface area contributed by atoms with E-state index in [9.17, 15) is 4.39 Å². The van der Waals surface area contributed by atoms with Crippen LogP contribution in [0.2, 0.25) is 0 Å². The molecule has 25 heavy (non-hydrogen) atoms. The number of hydrogen-bond acceptors (Lipinski definition) is 7. The Kier molecular flexibility index (Phi) is 5.24. The maximum Gasteiger partial charge on any atom is 0.182 e. The Hall–Kier alpha value is -1.74. The number of thiophene rings is 1. The van der Waals surface area contributed by atoms with E-state index in [0.717, 1.165) is 16.4 Å². The molecule has 2 aromatic rings. The molecule has 0 bridgehead atoms. The fraction of sp³-hybridized carbons (Fsp3) is 0.188. The highest BCUT2D eigenvalue weighted by molar-refractivity contribution is 8.03. The van der Waals surface area contributed by atoms with Gasteiger partial charge < -0.3 is 10.6 Å². The molecule has 0 saturated carbocycles. The summed E-state index contributed by atoms with van der Waals surface area (Å²) in [5.41, 5.74) is 7.30. The van der Waals surface area contributed by atoms with Crippen molar-refractivity contribution in [2.45, 2.75) is 4.90 Å². The lowest BCUT2D eigenvalue weighted by atomic mass is 10.2. The molecule has 2 N–H and O–H groups in total. The van der Waals surface area contributed by atoms with E-state index < -0.39 is 0 Å². The number of benzene rings is 1. The van der Waals surface area contributed by atoms with Crippen LogP contribution in [0, 0.1) is 5.82 Å². The van der Waals surface area contributed by atoms with Gasteiger partial charge in [-0.25, -0.2) is 14.4 Å². The van der Waals surface area contributed by atoms with E-state index >= 15 is 0 Å². The Balaban J connectivity index is 2.09. The highest BCUT2D eigenvalue weighted by Gasteiger charge is 2.30. The SMILES string of the molecule is CN(C)C1=N/C(=C(/N)Sc2cccc(F)c2)N(N(C)Cl)c2sccc21. The smallest absolute Gasteiger partial charge is 0.182 e. The highest BCUT2D eigenvalue weighted by Crippen LogP contribution is 2.39. The number of hydrazine groups is 1. The van der Waals surface area contributed by atoms with Crippen LogP contribution < -0.4 is 10.7 Å². The largest absolute Gasteiger partial charge is 0.390 e. The molecule has 9 heteroatoms. The van der Waals surface area contributed by atoms with Crippen molar-refractivity contribution in [3.05, 3.63) is 57.9 Å². The van der Waals surface area contributed by atoms with Gasteiger partial charge in [0.05, 0.1) is 5.56 Å². The maximum atomic E-state index is 13.4. The average Bonchev–Trinajstić information content (AvgIpc) is 3.01. The minimum atomic E-state index is -0.309. The third-order valence-corrected chi connectivity index (χ3v) is 5.37. The van der Waals surface area contributed by atoms with E-state index in [0.29, 0.717) is 15.7 Å². The van der Waals surface area contributed by atoms with Crippen molar-refractivity contribution in [1.82, 2.24) is 9.43 Å². The van der Waals surface area contributed by atoms with Crippen LogP contribution in [0.3, 0.4) is 0 Å². The molecule has 1 aliphatic heterocycles. The Bertz CT molecular complexity index is 847. The molecule has 1 aromatic heterocycles. The molecule has 0 fully saturated rings. The van der Waals surface area contributed by atoms with Crippen LogP contribution in [-0.4, -0.2) is 36.4 Å². The molecule has 0 unspecified atom stereocenters. The molecule has 3 rings (SSSR count). The first-order valence-electron chi connectivity index (χ1n) is 7.35. The standard InChI is InChI=1S/C16H17ClFN5S2/c1-21(2)14-12-7-8-24-16(12)23(22(3)17)15(20-14)13(19)25-11-6-4-5-10(18)9-11/h4-9H,19H2,1-3H3/b15-13+. The first kappa shape index (κ1) is 18.1. The molecule has 1 aromatic carbocycles. The minimum absolute atomic E-state index is 0.309. The normalized spacial score (nSPS) is 15.9. The van der Waals surface area contributed by atoms with Gasteiger partial charge in [0, 0.05) is 37.8 Å². The number of fused-ring (bicyclic) bond motifs is 1. The zero-order chi connectivity index (χ0) is 18.1. The van der Waals surface area contributed by atoms with Gasteiger partial charge in [-0.2, -0.15) is 0 Å². The predicted octanol–water partition coefficient (Wildman–Crippen LogP) is 3.89. The molecule has 132 valence electrons. The van der Waals surface area contributed by atoms with E-state index in [1.807, 2.05) is 30.4 Å². The van der Waals surface area contributed by atoms with Gasteiger partial charge >= 0.3 is 0 Å². The lowest BCUT2D eigenvalue weighted by Gasteiger charge is -2.34. The molecule has 2 heterocycles. The van der Waals surface area contributed by atoms with E-state index in [1.54, 1.807) is 35.5 Å². The summed E-state index contributed by atoms with van der Waals surface area (Å²) in [4.78, 5) is 7.33. The first-order valence-corrected chi connectivity index (χ1v) is 9.38. The number of amidine groups is 1. The molecule has 0 saturated heterocycles. The van der Waals surface area contributed by atoms with E-state index in [1.165, 1.54) is 28.4 Å². The summed E-state index contributed by atoms with van der Waals surface area (Å²) in [5.74, 6) is 0.991. The van der Waals surface area contributed by atoms with Crippen LogP contribution in [0.15, 0.2) is 56.4 Å². The number of halogens is 2. The molecule has 0 aliphatic carbocycles. The summed E-state index contributed by atoms with van der Waals surface area (Å²) in [6, 6.07) is 8.27. The topological polar surface area (TPSA) is 48.1 Å². The fourth-order valence-corrected chi connectivity index (χ4v) is 4.31. The maximum absolute atomic E-state index is 13.4. The number of aliphatic imine (C=N–C) groups is 1. The third kappa shape index (κ3) is 3.62. The second kappa shape index (κ2) is 7.25. The minimum Gasteiger partial charge on any atom is -0.390 e. The third-order valence-electron chi connectivity index (χ3n) is 3.43. The van der Waals surface area contributed by atoms with Crippen molar-refractivity contribution >= 4 is 45.7 Å². The van der Waals surface area contributed by atoms with Gasteiger partial charge in [0.25, 0.3) is 0 Å². The zero-order valence-electron chi connectivity index (χ0n) is 13.9. The van der Waals surface area contributed by atoms with Crippen molar-refractivity contribution in [3.8, 4) is 0 Å². The van der Waals surface area contributed by atoms with Gasteiger partial charge in [0.15, 0.2) is 5.82 Å². The lowest BCUT2D eigenvalue weighted by molar-refractivity contribution is 0.528. The number of thioether (sulfide) groups is 1. The highest BCUT2D eigenvalue weighted by atomic mass is 35.5. The molecule has 0 radical (unpaired) electrons. The number of nitrogens with two attached hydrogens (primary N) is 1. The zero-order valence-corrected chi connectivity index (χ0v) is 16.3. The van der Waals surface area contributed by atoms with Gasteiger partial charge in [-0.1, -0.05) is 17.8 Å². The predicted molar refractivity (Wildman–Crippen MR) is 104 cm³/mol. The number of anilines is 1. The van der Waals surface area contributed by atoms with Gasteiger partial charge in [0.1, 0.15) is 21.7 Å². The Morgan fingerprint density at radius 3 is 2.72 bits per heavy atom. The summed E-state index contributed by atoms with van der Waals surface area (Å²) in [6.07, 6.45) is 0. The summed E-state index contributed by atoms with van der Waals surface area (Å²) < 4.78 is 14.9. The van der Waals surface area contributed by atoms with Crippen molar-refractivity contribution < 1.29 is 4.39 Å². The Morgan fingerprint density at radius 1 is 1.32 bits per heavy atom. The van der Waals surface area contributed by atoms with Crippen molar-refractivity contribution in [1.29, 1.82) is 0 Å². The van der Waals surface area contributed by atoms with Crippen molar-refractivity contribution in [2.24, 2.45) is 10.7 Å². The summed E-state index contributed by atoms with van der Waals surface area (Å²) in [6.45, 7) is 0. The monoisotopic (exact) mass is 397 g/mol. The molecule has 0 atom stereocenters. The van der Waals surface area contributed by atoms with Gasteiger partial charge in [-0.05, 0) is 29.6 Å². The number of hydrogen-bond donors (Lipinski definition) is 1. The fourth-order valence-electron chi connectivity index (χ4n) is 2.40. The summed E-state index contributed by atoms with van der Waals surface area (Å²) in [7, 11) is 5.56. The quantitative estimate of drug-likeness (QED) is 0.628. The molecular formula is C16H17ClFN5S2. The molecule has 0 spiro atoms. The summed E-state index contributed by atoms with van der Waals surface area (Å²) in [5, 5.41) is 5.08. The van der Waals surface area contributed by atoms with E-state index in [2.05, 4.69) is 0 Å². The van der Waals surface area contributed by atoms with E-state index in [4.69, 9.17) is 22.5 Å². The van der Waals surface area contributed by atoms with Crippen molar-refractivity contribution in [3.63, 3.8) is 0 Å². The number of rotatable bonds is 3. The average molecular weight is 398 g/mol. The van der Waals surface area contributed by atoms with Crippen LogP contribution in [0.25, 0.3) is 0 Å². The van der Waals surface area contributed by atoms with Gasteiger partial charge in [-0.15, -0.1) is 15.9 Å².